The minimum atomic E-state index is -2.64. The highest BCUT2D eigenvalue weighted by Gasteiger charge is 2.37. The summed E-state index contributed by atoms with van der Waals surface area (Å²) in [7, 11) is 0. The molecule has 2 aromatic rings. The Labute approximate surface area is 168 Å². The molecule has 0 amide bonds. The zero-order chi connectivity index (χ0) is 20.0. The van der Waals surface area contributed by atoms with Crippen molar-refractivity contribution < 1.29 is 8.78 Å². The van der Waals surface area contributed by atoms with E-state index in [-0.39, 0.29) is 18.5 Å². The monoisotopic (exact) mass is 403 g/mol. The van der Waals surface area contributed by atoms with Crippen molar-refractivity contribution in [1.82, 2.24) is 24.6 Å². The van der Waals surface area contributed by atoms with Crippen molar-refractivity contribution in [3.05, 3.63) is 51.7 Å². The Morgan fingerprint density at radius 3 is 2.83 bits per heavy atom. The Kier molecular flexibility index (Phi) is 4.78. The van der Waals surface area contributed by atoms with E-state index >= 15 is 0 Å². The van der Waals surface area contributed by atoms with Crippen LogP contribution >= 0.6 is 0 Å². The van der Waals surface area contributed by atoms with Gasteiger partial charge < -0.3 is 4.57 Å². The third-order valence-electron chi connectivity index (χ3n) is 6.58. The maximum atomic E-state index is 13.7. The van der Waals surface area contributed by atoms with Crippen LogP contribution in [0.25, 0.3) is 0 Å². The second-order valence-electron chi connectivity index (χ2n) is 8.94. The van der Waals surface area contributed by atoms with Crippen LogP contribution in [0.3, 0.4) is 0 Å². The molecule has 2 atom stereocenters. The molecule has 5 rings (SSSR count). The van der Waals surface area contributed by atoms with Gasteiger partial charge in [-0.05, 0) is 37.4 Å². The molecule has 2 saturated heterocycles. The molecule has 0 saturated carbocycles. The average molecular weight is 403 g/mol. The van der Waals surface area contributed by atoms with Crippen LogP contribution in [0.2, 0.25) is 0 Å². The number of H-pyrrole nitrogens is 1. The number of nitrogens with zero attached hydrogens (tertiary/aromatic N) is 4. The SMILES string of the molecule is O=c1c(CN2CCCC(F)(F)C2)ccc2n1C[C@H]1C[C@@H]2CN(Cc2ccn[nH]2)C1. The van der Waals surface area contributed by atoms with Crippen LogP contribution in [-0.2, 0) is 19.6 Å². The third kappa shape index (κ3) is 3.88. The lowest BCUT2D eigenvalue weighted by Crippen LogP contribution is -2.48. The number of rotatable bonds is 4. The Morgan fingerprint density at radius 1 is 1.14 bits per heavy atom. The summed E-state index contributed by atoms with van der Waals surface area (Å²) >= 11 is 0. The second-order valence-corrected chi connectivity index (χ2v) is 8.94. The van der Waals surface area contributed by atoms with Crippen LogP contribution < -0.4 is 5.56 Å². The van der Waals surface area contributed by atoms with Crippen LogP contribution in [0.5, 0.6) is 0 Å². The lowest BCUT2D eigenvalue weighted by molar-refractivity contribution is -0.0662. The Hall–Kier alpha value is -2.06. The maximum absolute atomic E-state index is 13.7. The lowest BCUT2D eigenvalue weighted by atomic mass is 9.83. The van der Waals surface area contributed by atoms with Crippen LogP contribution in [0.15, 0.2) is 29.2 Å². The van der Waals surface area contributed by atoms with Crippen molar-refractivity contribution >= 4 is 0 Å². The van der Waals surface area contributed by atoms with Gasteiger partial charge in [-0.3, -0.25) is 19.7 Å². The number of likely N-dealkylation sites (tertiary alicyclic amines) is 2. The number of aromatic amines is 1. The predicted octanol–water partition coefficient (Wildman–Crippen LogP) is 2.42. The number of halogens is 2. The zero-order valence-corrected chi connectivity index (χ0v) is 16.5. The molecule has 1 N–H and O–H groups in total. The number of aromatic nitrogens is 3. The molecular weight excluding hydrogens is 376 g/mol. The number of alkyl halides is 2. The summed E-state index contributed by atoms with van der Waals surface area (Å²) in [6.45, 7) is 4.14. The molecule has 29 heavy (non-hydrogen) atoms. The molecule has 156 valence electrons. The van der Waals surface area contributed by atoms with Crippen molar-refractivity contribution in [2.75, 3.05) is 26.2 Å². The minimum Gasteiger partial charge on any atom is -0.312 e. The molecule has 0 aliphatic carbocycles. The molecule has 3 aliphatic heterocycles. The number of nitrogens with one attached hydrogen (secondary N) is 1. The maximum Gasteiger partial charge on any atom is 0.260 e. The molecule has 0 unspecified atom stereocenters. The van der Waals surface area contributed by atoms with E-state index in [1.54, 1.807) is 11.1 Å². The molecule has 2 bridgehead atoms. The Balaban J connectivity index is 1.34. The molecule has 0 spiro atoms. The summed E-state index contributed by atoms with van der Waals surface area (Å²) in [5.41, 5.74) is 2.85. The van der Waals surface area contributed by atoms with Gasteiger partial charge in [-0.1, -0.05) is 6.07 Å². The van der Waals surface area contributed by atoms with Gasteiger partial charge >= 0.3 is 0 Å². The molecule has 2 fully saturated rings. The topological polar surface area (TPSA) is 57.2 Å². The van der Waals surface area contributed by atoms with E-state index in [1.165, 1.54) is 0 Å². The third-order valence-corrected chi connectivity index (χ3v) is 6.58. The number of fused-ring (bicyclic) bond motifs is 4. The van der Waals surface area contributed by atoms with E-state index in [4.69, 9.17) is 0 Å². The van der Waals surface area contributed by atoms with E-state index in [2.05, 4.69) is 21.2 Å². The fourth-order valence-corrected chi connectivity index (χ4v) is 5.38. The quantitative estimate of drug-likeness (QED) is 0.852. The number of piperidine rings is 2. The van der Waals surface area contributed by atoms with Crippen molar-refractivity contribution in [3.63, 3.8) is 0 Å². The highest BCUT2D eigenvalue weighted by molar-refractivity contribution is 5.22. The van der Waals surface area contributed by atoms with Gasteiger partial charge in [0.15, 0.2) is 0 Å². The molecule has 6 nitrogen and oxygen atoms in total. The molecule has 0 aromatic carbocycles. The highest BCUT2D eigenvalue weighted by atomic mass is 19.3. The molecule has 2 aromatic heterocycles. The van der Waals surface area contributed by atoms with Crippen LogP contribution in [0, 0.1) is 5.92 Å². The zero-order valence-electron chi connectivity index (χ0n) is 16.5. The summed E-state index contributed by atoms with van der Waals surface area (Å²) in [5, 5.41) is 7.05. The largest absolute Gasteiger partial charge is 0.312 e. The van der Waals surface area contributed by atoms with Crippen LogP contribution in [0.1, 0.15) is 42.1 Å². The van der Waals surface area contributed by atoms with Gasteiger partial charge in [-0.15, -0.1) is 0 Å². The van der Waals surface area contributed by atoms with Gasteiger partial charge in [0, 0.05) is 68.2 Å². The van der Waals surface area contributed by atoms with E-state index < -0.39 is 5.92 Å². The van der Waals surface area contributed by atoms with E-state index in [1.807, 2.05) is 16.7 Å². The van der Waals surface area contributed by atoms with Crippen molar-refractivity contribution in [2.45, 2.75) is 50.7 Å². The van der Waals surface area contributed by atoms with Crippen molar-refractivity contribution in [2.24, 2.45) is 5.92 Å². The molecular formula is C21H27F2N5O. The van der Waals surface area contributed by atoms with Crippen LogP contribution in [-0.4, -0.2) is 56.7 Å². The van der Waals surface area contributed by atoms with Gasteiger partial charge in [0.2, 0.25) is 0 Å². The van der Waals surface area contributed by atoms with Gasteiger partial charge in [-0.25, -0.2) is 8.78 Å². The normalized spacial score (nSPS) is 27.0. The molecule has 3 aliphatic rings. The first-order valence-corrected chi connectivity index (χ1v) is 10.5. The van der Waals surface area contributed by atoms with E-state index in [0.717, 1.165) is 37.4 Å². The lowest BCUT2D eigenvalue weighted by Gasteiger charge is -2.43. The predicted molar refractivity (Wildman–Crippen MR) is 105 cm³/mol. The summed E-state index contributed by atoms with van der Waals surface area (Å²) in [6, 6.07) is 5.92. The first-order chi connectivity index (χ1) is 14.0. The average Bonchev–Trinajstić information content (AvgIpc) is 3.17. The van der Waals surface area contributed by atoms with Gasteiger partial charge in [0.1, 0.15) is 0 Å². The van der Waals surface area contributed by atoms with Crippen LogP contribution in [0.4, 0.5) is 8.78 Å². The first kappa shape index (κ1) is 18.9. The fraction of sp³-hybridized carbons (Fsp3) is 0.619. The Bertz CT molecular complexity index is 926. The first-order valence-electron chi connectivity index (χ1n) is 10.5. The molecule has 5 heterocycles. The van der Waals surface area contributed by atoms with Gasteiger partial charge in [-0.2, -0.15) is 5.10 Å². The number of hydrogen-bond acceptors (Lipinski definition) is 4. The van der Waals surface area contributed by atoms with Crippen molar-refractivity contribution in [3.8, 4) is 0 Å². The molecule has 0 radical (unpaired) electrons. The minimum absolute atomic E-state index is 0.00751. The molecule has 8 heteroatoms. The summed E-state index contributed by atoms with van der Waals surface area (Å²) in [4.78, 5) is 17.3. The summed E-state index contributed by atoms with van der Waals surface area (Å²) < 4.78 is 29.4. The fourth-order valence-electron chi connectivity index (χ4n) is 5.38. The second kappa shape index (κ2) is 7.32. The number of hydrogen-bond donors (Lipinski definition) is 1. The summed E-state index contributed by atoms with van der Waals surface area (Å²) in [6.07, 6.45) is 3.31. The van der Waals surface area contributed by atoms with Crippen molar-refractivity contribution in [1.29, 1.82) is 0 Å². The number of pyridine rings is 1. The van der Waals surface area contributed by atoms with E-state index in [0.29, 0.717) is 43.5 Å². The summed E-state index contributed by atoms with van der Waals surface area (Å²) in [5.74, 6) is -1.86. The van der Waals surface area contributed by atoms with E-state index in [9.17, 15) is 13.6 Å². The highest BCUT2D eigenvalue weighted by Crippen LogP contribution is 2.35. The smallest absolute Gasteiger partial charge is 0.260 e. The van der Waals surface area contributed by atoms with Gasteiger partial charge in [0.25, 0.3) is 11.5 Å². The standard InChI is InChI=1S/C21H27F2N5O/c22-21(23)5-1-7-26(14-21)11-16-2-3-19-17-8-15(10-28(19)20(16)29)9-27(12-17)13-18-4-6-24-25-18/h2-4,6,15,17H,1,5,7-14H2,(H,24,25)/t15-,17+/m0/s1. The Morgan fingerprint density at radius 2 is 2.03 bits per heavy atom. The van der Waals surface area contributed by atoms with Gasteiger partial charge in [0.05, 0.1) is 6.54 Å².